The second kappa shape index (κ2) is 6.11. The summed E-state index contributed by atoms with van der Waals surface area (Å²) in [5, 5.41) is 11.8. The van der Waals surface area contributed by atoms with E-state index < -0.39 is 0 Å². The van der Waals surface area contributed by atoms with Crippen molar-refractivity contribution in [1.29, 1.82) is 0 Å². The van der Waals surface area contributed by atoms with Gasteiger partial charge in [0.05, 0.1) is 5.56 Å². The molecular formula is C17H21NO2. The molecule has 0 radical (unpaired) electrons. The second-order valence-electron chi connectivity index (χ2n) is 5.86. The Bertz CT molecular complexity index is 562. The van der Waals surface area contributed by atoms with E-state index in [1.54, 1.807) is 6.07 Å². The highest BCUT2D eigenvalue weighted by Gasteiger charge is 2.32. The number of hydrogen-bond donors (Lipinski definition) is 2. The number of aliphatic hydroxyl groups is 1. The normalized spacial score (nSPS) is 15.8. The zero-order valence-electron chi connectivity index (χ0n) is 12.1. The first-order valence-electron chi connectivity index (χ1n) is 7.03. The SMILES string of the molecule is Cc1ccc(C(=O)NCC2(C)CCC2)c(C#CCO)c1. The van der Waals surface area contributed by atoms with Crippen LogP contribution in [-0.2, 0) is 0 Å². The van der Waals surface area contributed by atoms with Crippen molar-refractivity contribution in [1.82, 2.24) is 5.32 Å². The third-order valence-corrected chi connectivity index (χ3v) is 3.96. The maximum Gasteiger partial charge on any atom is 0.252 e. The highest BCUT2D eigenvalue weighted by Crippen LogP contribution is 2.39. The van der Waals surface area contributed by atoms with Crippen LogP contribution in [0.15, 0.2) is 18.2 Å². The van der Waals surface area contributed by atoms with Crippen molar-refractivity contribution < 1.29 is 9.90 Å². The summed E-state index contributed by atoms with van der Waals surface area (Å²) in [5.41, 5.74) is 2.57. The van der Waals surface area contributed by atoms with Crippen LogP contribution < -0.4 is 5.32 Å². The highest BCUT2D eigenvalue weighted by molar-refractivity contribution is 5.96. The molecule has 0 unspecified atom stereocenters. The van der Waals surface area contributed by atoms with Gasteiger partial charge in [-0.2, -0.15) is 0 Å². The number of aliphatic hydroxyl groups excluding tert-OH is 1. The topological polar surface area (TPSA) is 49.3 Å². The van der Waals surface area contributed by atoms with Crippen LogP contribution in [0.1, 0.15) is 47.7 Å². The lowest BCUT2D eigenvalue weighted by Gasteiger charge is -2.38. The Labute approximate surface area is 120 Å². The molecule has 0 aliphatic heterocycles. The third-order valence-electron chi connectivity index (χ3n) is 3.96. The standard InChI is InChI=1S/C17H21NO2/c1-13-6-7-15(14(11-13)5-3-10-19)16(20)18-12-17(2)8-4-9-17/h6-7,11,19H,4,8-10,12H2,1-2H3,(H,18,20). The quantitative estimate of drug-likeness (QED) is 0.828. The smallest absolute Gasteiger partial charge is 0.252 e. The van der Waals surface area contributed by atoms with Gasteiger partial charge in [0, 0.05) is 12.1 Å². The first-order chi connectivity index (χ1) is 9.54. The molecule has 1 fully saturated rings. The number of benzene rings is 1. The van der Waals surface area contributed by atoms with Crippen LogP contribution in [0.3, 0.4) is 0 Å². The van der Waals surface area contributed by atoms with E-state index in [1.807, 2.05) is 19.1 Å². The van der Waals surface area contributed by atoms with Gasteiger partial charge in [-0.05, 0) is 42.9 Å². The Morgan fingerprint density at radius 1 is 1.45 bits per heavy atom. The first kappa shape index (κ1) is 14.6. The Hall–Kier alpha value is -1.79. The first-order valence-corrected chi connectivity index (χ1v) is 7.03. The Morgan fingerprint density at radius 2 is 2.20 bits per heavy atom. The van der Waals surface area contributed by atoms with Crippen molar-refractivity contribution >= 4 is 5.91 Å². The molecule has 1 saturated carbocycles. The number of rotatable bonds is 3. The lowest BCUT2D eigenvalue weighted by Crippen LogP contribution is -2.40. The molecule has 1 aromatic carbocycles. The molecule has 0 heterocycles. The van der Waals surface area contributed by atoms with Gasteiger partial charge in [0.15, 0.2) is 0 Å². The van der Waals surface area contributed by atoms with Gasteiger partial charge in [-0.25, -0.2) is 0 Å². The van der Waals surface area contributed by atoms with Crippen molar-refractivity contribution in [3.8, 4) is 11.8 Å². The van der Waals surface area contributed by atoms with E-state index in [-0.39, 0.29) is 17.9 Å². The predicted octanol–water partition coefficient (Wildman–Crippen LogP) is 2.26. The molecule has 1 aliphatic carbocycles. The zero-order valence-corrected chi connectivity index (χ0v) is 12.1. The fourth-order valence-electron chi connectivity index (χ4n) is 2.44. The largest absolute Gasteiger partial charge is 0.384 e. The van der Waals surface area contributed by atoms with Crippen LogP contribution in [-0.4, -0.2) is 24.2 Å². The van der Waals surface area contributed by atoms with E-state index in [0.29, 0.717) is 17.7 Å². The number of amides is 1. The maximum atomic E-state index is 12.3. The molecule has 106 valence electrons. The summed E-state index contributed by atoms with van der Waals surface area (Å²) < 4.78 is 0. The van der Waals surface area contributed by atoms with Gasteiger partial charge >= 0.3 is 0 Å². The Morgan fingerprint density at radius 3 is 2.80 bits per heavy atom. The van der Waals surface area contributed by atoms with Crippen LogP contribution in [0.5, 0.6) is 0 Å². The molecule has 0 saturated heterocycles. The molecule has 1 aromatic rings. The Kier molecular flexibility index (Phi) is 4.46. The Balaban J connectivity index is 2.12. The van der Waals surface area contributed by atoms with Crippen molar-refractivity contribution in [2.24, 2.45) is 5.41 Å². The minimum absolute atomic E-state index is 0.0830. The number of hydrogen-bond acceptors (Lipinski definition) is 2. The van der Waals surface area contributed by atoms with Gasteiger partial charge in [0.2, 0.25) is 0 Å². The number of carbonyl (C=O) groups excluding carboxylic acids is 1. The summed E-state index contributed by atoms with van der Waals surface area (Å²) >= 11 is 0. The van der Waals surface area contributed by atoms with E-state index in [4.69, 9.17) is 5.11 Å². The minimum atomic E-state index is -0.201. The number of aryl methyl sites for hydroxylation is 1. The highest BCUT2D eigenvalue weighted by atomic mass is 16.2. The van der Waals surface area contributed by atoms with Crippen LogP contribution in [0, 0.1) is 24.2 Å². The number of nitrogens with one attached hydrogen (secondary N) is 1. The summed E-state index contributed by atoms with van der Waals surface area (Å²) in [4.78, 5) is 12.3. The minimum Gasteiger partial charge on any atom is -0.384 e. The molecule has 3 nitrogen and oxygen atoms in total. The lowest BCUT2D eigenvalue weighted by atomic mass is 9.70. The van der Waals surface area contributed by atoms with Gasteiger partial charge in [0.25, 0.3) is 5.91 Å². The average molecular weight is 271 g/mol. The molecule has 1 aliphatic rings. The molecule has 3 heteroatoms. The van der Waals surface area contributed by atoms with E-state index in [9.17, 15) is 4.79 Å². The van der Waals surface area contributed by atoms with Crippen LogP contribution in [0.4, 0.5) is 0 Å². The summed E-state index contributed by atoms with van der Waals surface area (Å²) in [6.07, 6.45) is 3.61. The van der Waals surface area contributed by atoms with Crippen LogP contribution in [0.25, 0.3) is 0 Å². The zero-order chi connectivity index (χ0) is 14.6. The molecule has 0 atom stereocenters. The van der Waals surface area contributed by atoms with Crippen molar-refractivity contribution in [3.63, 3.8) is 0 Å². The van der Waals surface area contributed by atoms with Gasteiger partial charge in [-0.15, -0.1) is 0 Å². The third kappa shape index (κ3) is 3.40. The van der Waals surface area contributed by atoms with E-state index in [0.717, 1.165) is 5.56 Å². The predicted molar refractivity (Wildman–Crippen MR) is 79.4 cm³/mol. The van der Waals surface area contributed by atoms with Gasteiger partial charge in [-0.1, -0.05) is 31.3 Å². The summed E-state index contributed by atoms with van der Waals surface area (Å²) in [6, 6.07) is 5.59. The fraction of sp³-hybridized carbons (Fsp3) is 0.471. The summed E-state index contributed by atoms with van der Waals surface area (Å²) in [6.45, 7) is 4.68. The molecular weight excluding hydrogens is 250 g/mol. The van der Waals surface area contributed by atoms with Gasteiger partial charge in [0.1, 0.15) is 6.61 Å². The van der Waals surface area contributed by atoms with Gasteiger partial charge < -0.3 is 10.4 Å². The lowest BCUT2D eigenvalue weighted by molar-refractivity contribution is 0.0890. The maximum absolute atomic E-state index is 12.3. The number of carbonyl (C=O) groups is 1. The molecule has 1 amide bonds. The molecule has 0 aromatic heterocycles. The fourth-order valence-corrected chi connectivity index (χ4v) is 2.44. The van der Waals surface area contributed by atoms with Crippen LogP contribution in [0.2, 0.25) is 0 Å². The summed E-state index contributed by atoms with van der Waals surface area (Å²) in [7, 11) is 0. The van der Waals surface area contributed by atoms with E-state index in [1.165, 1.54) is 19.3 Å². The van der Waals surface area contributed by atoms with Crippen LogP contribution >= 0.6 is 0 Å². The van der Waals surface area contributed by atoms with E-state index >= 15 is 0 Å². The second-order valence-corrected chi connectivity index (χ2v) is 5.86. The van der Waals surface area contributed by atoms with Crippen molar-refractivity contribution in [3.05, 3.63) is 34.9 Å². The van der Waals surface area contributed by atoms with E-state index in [2.05, 4.69) is 24.1 Å². The molecule has 0 spiro atoms. The molecule has 2 rings (SSSR count). The molecule has 2 N–H and O–H groups in total. The van der Waals surface area contributed by atoms with Crippen molar-refractivity contribution in [2.75, 3.05) is 13.2 Å². The van der Waals surface area contributed by atoms with Crippen molar-refractivity contribution in [2.45, 2.75) is 33.1 Å². The average Bonchev–Trinajstić information content (AvgIpc) is 2.40. The molecule has 0 bridgehead atoms. The van der Waals surface area contributed by atoms with Gasteiger partial charge in [-0.3, -0.25) is 4.79 Å². The summed E-state index contributed by atoms with van der Waals surface area (Å²) in [5.74, 6) is 5.37. The molecule has 20 heavy (non-hydrogen) atoms. The monoisotopic (exact) mass is 271 g/mol.